The fourth-order valence-electron chi connectivity index (χ4n) is 1.37. The van der Waals surface area contributed by atoms with Crippen LogP contribution in [0.1, 0.15) is 20.8 Å². The Bertz CT molecular complexity index is 367. The van der Waals surface area contributed by atoms with Crippen molar-refractivity contribution in [3.05, 3.63) is 28.9 Å². The molecule has 0 aliphatic carbocycles. The van der Waals surface area contributed by atoms with Crippen molar-refractivity contribution < 1.29 is 0 Å². The molecule has 1 unspecified atom stereocenters. The van der Waals surface area contributed by atoms with Crippen molar-refractivity contribution in [2.75, 3.05) is 5.75 Å². The second-order valence-corrected chi connectivity index (χ2v) is 5.17. The molecule has 0 spiro atoms. The normalized spacial score (nSPS) is 13.9. The summed E-state index contributed by atoms with van der Waals surface area (Å²) >= 11 is 4.34. The third kappa shape index (κ3) is 3.38. The lowest BCUT2D eigenvalue weighted by Gasteiger charge is -2.29. The quantitative estimate of drug-likeness (QED) is 0.798. The van der Waals surface area contributed by atoms with Crippen LogP contribution in [-0.4, -0.2) is 15.3 Å². The SMILES string of the molecule is CC(C)(C)C(CS)Cn1cccnc1=O. The van der Waals surface area contributed by atoms with Crippen LogP contribution < -0.4 is 5.69 Å². The molecule has 0 bridgehead atoms. The molecule has 1 atom stereocenters. The minimum Gasteiger partial charge on any atom is -0.299 e. The molecule has 3 nitrogen and oxygen atoms in total. The van der Waals surface area contributed by atoms with Crippen molar-refractivity contribution in [3.63, 3.8) is 0 Å². The molecule has 4 heteroatoms. The molecule has 0 aliphatic heterocycles. The average Bonchev–Trinajstić information content (AvgIpc) is 2.14. The Kier molecular flexibility index (Phi) is 3.97. The summed E-state index contributed by atoms with van der Waals surface area (Å²) in [5, 5.41) is 0. The van der Waals surface area contributed by atoms with Gasteiger partial charge in [-0.2, -0.15) is 12.6 Å². The molecule has 0 amide bonds. The van der Waals surface area contributed by atoms with Gasteiger partial charge in [0, 0.05) is 18.9 Å². The first-order valence-electron chi connectivity index (χ1n) is 5.07. The molecule has 1 aromatic rings. The van der Waals surface area contributed by atoms with E-state index in [2.05, 4.69) is 38.4 Å². The van der Waals surface area contributed by atoms with Gasteiger partial charge in [-0.25, -0.2) is 9.78 Å². The van der Waals surface area contributed by atoms with E-state index in [-0.39, 0.29) is 11.1 Å². The maximum atomic E-state index is 11.4. The van der Waals surface area contributed by atoms with Crippen molar-refractivity contribution >= 4 is 12.6 Å². The fraction of sp³-hybridized carbons (Fsp3) is 0.636. The molecule has 1 rings (SSSR count). The Hall–Kier alpha value is -0.770. The first kappa shape index (κ1) is 12.3. The van der Waals surface area contributed by atoms with Gasteiger partial charge >= 0.3 is 5.69 Å². The van der Waals surface area contributed by atoms with Crippen LogP contribution in [0.25, 0.3) is 0 Å². The number of hydrogen-bond donors (Lipinski definition) is 1. The van der Waals surface area contributed by atoms with Gasteiger partial charge in [0.05, 0.1) is 0 Å². The predicted molar refractivity (Wildman–Crippen MR) is 65.3 cm³/mol. The molecule has 0 saturated heterocycles. The van der Waals surface area contributed by atoms with Gasteiger partial charge in [0.15, 0.2) is 0 Å². The van der Waals surface area contributed by atoms with E-state index in [1.54, 1.807) is 16.8 Å². The van der Waals surface area contributed by atoms with E-state index in [1.807, 2.05) is 0 Å². The van der Waals surface area contributed by atoms with Gasteiger partial charge < -0.3 is 0 Å². The molecule has 0 aliphatic rings. The lowest BCUT2D eigenvalue weighted by Crippen LogP contribution is -2.32. The number of nitrogens with zero attached hydrogens (tertiary/aromatic N) is 2. The summed E-state index contributed by atoms with van der Waals surface area (Å²) in [5.41, 5.74) is -0.0367. The second kappa shape index (κ2) is 4.84. The van der Waals surface area contributed by atoms with Gasteiger partial charge in [0.25, 0.3) is 0 Å². The van der Waals surface area contributed by atoms with Crippen LogP contribution in [0.2, 0.25) is 0 Å². The zero-order valence-corrected chi connectivity index (χ0v) is 10.4. The Labute approximate surface area is 96.0 Å². The highest BCUT2D eigenvalue weighted by Crippen LogP contribution is 2.27. The third-order valence-corrected chi connectivity index (χ3v) is 3.09. The summed E-state index contributed by atoms with van der Waals surface area (Å²) in [6.45, 7) is 7.17. The number of rotatable bonds is 3. The van der Waals surface area contributed by atoms with Crippen molar-refractivity contribution in [2.24, 2.45) is 11.3 Å². The van der Waals surface area contributed by atoms with E-state index in [9.17, 15) is 4.79 Å². The summed E-state index contributed by atoms with van der Waals surface area (Å²) in [4.78, 5) is 15.2. The van der Waals surface area contributed by atoms with Crippen LogP contribution in [0.5, 0.6) is 0 Å². The van der Waals surface area contributed by atoms with Crippen molar-refractivity contribution in [1.82, 2.24) is 9.55 Å². The smallest absolute Gasteiger partial charge is 0.299 e. The molecule has 0 radical (unpaired) electrons. The highest BCUT2D eigenvalue weighted by molar-refractivity contribution is 7.80. The van der Waals surface area contributed by atoms with E-state index in [0.717, 1.165) is 5.75 Å². The second-order valence-electron chi connectivity index (χ2n) is 4.80. The number of aromatic nitrogens is 2. The Morgan fingerprint density at radius 3 is 2.67 bits per heavy atom. The van der Waals surface area contributed by atoms with E-state index in [4.69, 9.17) is 0 Å². The highest BCUT2D eigenvalue weighted by Gasteiger charge is 2.23. The van der Waals surface area contributed by atoms with E-state index < -0.39 is 0 Å². The molecule has 0 N–H and O–H groups in total. The summed E-state index contributed by atoms with van der Waals surface area (Å²) in [5.74, 6) is 1.13. The summed E-state index contributed by atoms with van der Waals surface area (Å²) in [6, 6.07) is 1.78. The van der Waals surface area contributed by atoms with Crippen LogP contribution in [0.3, 0.4) is 0 Å². The van der Waals surface area contributed by atoms with Gasteiger partial charge in [-0.15, -0.1) is 0 Å². The van der Waals surface area contributed by atoms with Gasteiger partial charge in [-0.3, -0.25) is 4.57 Å². The number of hydrogen-bond acceptors (Lipinski definition) is 3. The summed E-state index contributed by atoms with van der Waals surface area (Å²) in [6.07, 6.45) is 3.29. The molecule has 1 aromatic heterocycles. The molecule has 0 saturated carbocycles. The van der Waals surface area contributed by atoms with Gasteiger partial charge in [-0.1, -0.05) is 20.8 Å². The molecule has 1 heterocycles. The molecule has 15 heavy (non-hydrogen) atoms. The first-order valence-corrected chi connectivity index (χ1v) is 5.70. The van der Waals surface area contributed by atoms with Crippen molar-refractivity contribution in [2.45, 2.75) is 27.3 Å². The Morgan fingerprint density at radius 2 is 2.20 bits per heavy atom. The summed E-state index contributed by atoms with van der Waals surface area (Å²) in [7, 11) is 0. The standard InChI is InChI=1S/C11H18N2OS/c1-11(2,3)9(8-15)7-13-6-4-5-12-10(13)14/h4-6,9,15H,7-8H2,1-3H3. The predicted octanol–water partition coefficient (Wildman–Crippen LogP) is 1.84. The lowest BCUT2D eigenvalue weighted by atomic mass is 9.82. The van der Waals surface area contributed by atoms with Crippen molar-refractivity contribution in [1.29, 1.82) is 0 Å². The van der Waals surface area contributed by atoms with Gasteiger partial charge in [0.2, 0.25) is 0 Å². The monoisotopic (exact) mass is 226 g/mol. The van der Waals surface area contributed by atoms with Crippen molar-refractivity contribution in [3.8, 4) is 0 Å². The molecule has 84 valence electrons. The van der Waals surface area contributed by atoms with Crippen LogP contribution in [-0.2, 0) is 6.54 Å². The molecular weight excluding hydrogens is 208 g/mol. The minimum atomic E-state index is -0.187. The first-order chi connectivity index (χ1) is 6.95. The summed E-state index contributed by atoms with van der Waals surface area (Å²) < 4.78 is 1.64. The third-order valence-electron chi connectivity index (χ3n) is 2.64. The highest BCUT2D eigenvalue weighted by atomic mass is 32.1. The maximum absolute atomic E-state index is 11.4. The van der Waals surface area contributed by atoms with E-state index >= 15 is 0 Å². The van der Waals surface area contributed by atoms with Crippen LogP contribution in [0.4, 0.5) is 0 Å². The maximum Gasteiger partial charge on any atom is 0.347 e. The lowest BCUT2D eigenvalue weighted by molar-refractivity contribution is 0.235. The zero-order chi connectivity index (χ0) is 11.5. The minimum absolute atomic E-state index is 0.150. The topological polar surface area (TPSA) is 34.9 Å². The van der Waals surface area contributed by atoms with E-state index in [0.29, 0.717) is 12.5 Å². The Balaban J connectivity index is 2.85. The molecule has 0 fully saturated rings. The van der Waals surface area contributed by atoms with Crippen LogP contribution in [0, 0.1) is 11.3 Å². The van der Waals surface area contributed by atoms with Gasteiger partial charge in [0.1, 0.15) is 0 Å². The largest absolute Gasteiger partial charge is 0.347 e. The number of thiol groups is 1. The Morgan fingerprint density at radius 1 is 1.53 bits per heavy atom. The van der Waals surface area contributed by atoms with E-state index in [1.165, 1.54) is 6.20 Å². The zero-order valence-electron chi connectivity index (χ0n) is 9.47. The average molecular weight is 226 g/mol. The van der Waals surface area contributed by atoms with Gasteiger partial charge in [-0.05, 0) is 23.2 Å². The molecular formula is C11H18N2OS. The van der Waals surface area contributed by atoms with Crippen LogP contribution in [0.15, 0.2) is 23.3 Å². The fourth-order valence-corrected chi connectivity index (χ4v) is 2.03. The molecule has 0 aromatic carbocycles. The van der Waals surface area contributed by atoms with Crippen LogP contribution >= 0.6 is 12.6 Å².